The molecule has 0 spiro atoms. The van der Waals surface area contributed by atoms with Crippen LogP contribution in [0, 0.1) is 0 Å². The quantitative estimate of drug-likeness (QED) is 0.583. The van der Waals surface area contributed by atoms with Gasteiger partial charge in [-0.2, -0.15) is 0 Å². The second-order valence-corrected chi connectivity index (χ2v) is 3.24. The number of hydrogen-bond donors (Lipinski definition) is 0. The van der Waals surface area contributed by atoms with Crippen LogP contribution in [-0.4, -0.2) is 24.0 Å². The molecule has 0 aliphatic carbocycles. The molecule has 60 valence electrons. The highest BCUT2D eigenvalue weighted by atomic mass is 15.2. The van der Waals surface area contributed by atoms with E-state index < -0.39 is 0 Å². The molecular weight excluding hydrogens is 122 g/mol. The summed E-state index contributed by atoms with van der Waals surface area (Å²) in [5.74, 6) is 0. The Labute approximate surface area is 64.4 Å². The van der Waals surface area contributed by atoms with E-state index in [9.17, 15) is 0 Å². The first kappa shape index (κ1) is 8.06. The van der Waals surface area contributed by atoms with E-state index in [0.717, 1.165) is 6.04 Å². The van der Waals surface area contributed by atoms with Gasteiger partial charge in [-0.1, -0.05) is 13.8 Å². The van der Waals surface area contributed by atoms with Crippen LogP contribution in [0.4, 0.5) is 0 Å². The minimum atomic E-state index is 0.917. The topological polar surface area (TPSA) is 3.24 Å². The summed E-state index contributed by atoms with van der Waals surface area (Å²) in [6.45, 7) is 7.24. The fraction of sp³-hybridized carbons (Fsp3) is 1.00. The Morgan fingerprint density at radius 1 is 1.40 bits per heavy atom. The monoisotopic (exact) mass is 141 g/mol. The average molecular weight is 141 g/mol. The minimum Gasteiger partial charge on any atom is -0.300 e. The third-order valence-electron chi connectivity index (χ3n) is 2.48. The normalized spacial score (nSPS) is 27.6. The largest absolute Gasteiger partial charge is 0.300 e. The van der Waals surface area contributed by atoms with Crippen molar-refractivity contribution in [3.63, 3.8) is 0 Å². The zero-order valence-electron chi connectivity index (χ0n) is 7.27. The predicted octanol–water partition coefficient (Wildman–Crippen LogP) is 2.27. The smallest absolute Gasteiger partial charge is 0.00931 e. The number of rotatable bonds is 3. The average Bonchev–Trinajstić information content (AvgIpc) is 2.36. The molecule has 10 heavy (non-hydrogen) atoms. The number of likely N-dealkylation sites (tertiary alicyclic amines) is 1. The first-order valence-electron chi connectivity index (χ1n) is 4.62. The number of nitrogens with zero attached hydrogens (tertiary/aromatic N) is 1. The summed E-state index contributed by atoms with van der Waals surface area (Å²) in [5, 5.41) is 0. The molecule has 1 aliphatic rings. The summed E-state index contributed by atoms with van der Waals surface area (Å²) >= 11 is 0. The number of hydrogen-bond acceptors (Lipinski definition) is 1. The van der Waals surface area contributed by atoms with Crippen molar-refractivity contribution >= 4 is 0 Å². The SMILES string of the molecule is CCCN1CCCC1CC. The van der Waals surface area contributed by atoms with E-state index >= 15 is 0 Å². The van der Waals surface area contributed by atoms with Crippen molar-refractivity contribution in [2.45, 2.75) is 45.6 Å². The lowest BCUT2D eigenvalue weighted by molar-refractivity contribution is 0.249. The van der Waals surface area contributed by atoms with Crippen LogP contribution in [-0.2, 0) is 0 Å². The molecule has 1 saturated heterocycles. The zero-order chi connectivity index (χ0) is 7.40. The molecule has 1 rings (SSSR count). The van der Waals surface area contributed by atoms with E-state index in [2.05, 4.69) is 18.7 Å². The van der Waals surface area contributed by atoms with Crippen LogP contribution < -0.4 is 0 Å². The predicted molar refractivity (Wildman–Crippen MR) is 45.2 cm³/mol. The van der Waals surface area contributed by atoms with Crippen molar-refractivity contribution in [3.8, 4) is 0 Å². The highest BCUT2D eigenvalue weighted by molar-refractivity contribution is 4.76. The molecular formula is C9H19N. The minimum absolute atomic E-state index is 0.917. The molecule has 1 unspecified atom stereocenters. The summed E-state index contributed by atoms with van der Waals surface area (Å²) in [7, 11) is 0. The van der Waals surface area contributed by atoms with Gasteiger partial charge in [0.25, 0.3) is 0 Å². The molecule has 1 heteroatoms. The zero-order valence-corrected chi connectivity index (χ0v) is 7.27. The fourth-order valence-corrected chi connectivity index (χ4v) is 1.94. The lowest BCUT2D eigenvalue weighted by atomic mass is 10.2. The van der Waals surface area contributed by atoms with Gasteiger partial charge >= 0.3 is 0 Å². The lowest BCUT2D eigenvalue weighted by Gasteiger charge is -2.21. The van der Waals surface area contributed by atoms with Gasteiger partial charge in [-0.15, -0.1) is 0 Å². The maximum atomic E-state index is 2.64. The van der Waals surface area contributed by atoms with Crippen LogP contribution in [0.1, 0.15) is 39.5 Å². The van der Waals surface area contributed by atoms with E-state index in [1.807, 2.05) is 0 Å². The molecule has 0 aromatic rings. The summed E-state index contributed by atoms with van der Waals surface area (Å²) in [6.07, 6.45) is 5.53. The van der Waals surface area contributed by atoms with Crippen molar-refractivity contribution < 1.29 is 0 Å². The maximum Gasteiger partial charge on any atom is 0.00931 e. The standard InChI is InChI=1S/C9H19N/c1-3-7-10-8-5-6-9(10)4-2/h9H,3-8H2,1-2H3. The molecule has 1 aliphatic heterocycles. The molecule has 1 heterocycles. The van der Waals surface area contributed by atoms with E-state index in [-0.39, 0.29) is 0 Å². The molecule has 0 saturated carbocycles. The van der Waals surface area contributed by atoms with Crippen molar-refractivity contribution in [1.29, 1.82) is 0 Å². The Bertz CT molecular complexity index is 90.7. The molecule has 0 bridgehead atoms. The van der Waals surface area contributed by atoms with Crippen LogP contribution in [0.3, 0.4) is 0 Å². The van der Waals surface area contributed by atoms with Gasteiger partial charge in [0, 0.05) is 6.04 Å². The van der Waals surface area contributed by atoms with Gasteiger partial charge < -0.3 is 4.90 Å². The van der Waals surface area contributed by atoms with E-state index in [1.54, 1.807) is 0 Å². The molecule has 0 aromatic carbocycles. The Morgan fingerprint density at radius 3 is 2.80 bits per heavy atom. The fourth-order valence-electron chi connectivity index (χ4n) is 1.94. The van der Waals surface area contributed by atoms with Crippen molar-refractivity contribution in [2.24, 2.45) is 0 Å². The van der Waals surface area contributed by atoms with E-state index in [4.69, 9.17) is 0 Å². The van der Waals surface area contributed by atoms with Gasteiger partial charge in [0.2, 0.25) is 0 Å². The van der Waals surface area contributed by atoms with Crippen molar-refractivity contribution in [3.05, 3.63) is 0 Å². The van der Waals surface area contributed by atoms with Gasteiger partial charge in [0.1, 0.15) is 0 Å². The van der Waals surface area contributed by atoms with Crippen LogP contribution >= 0.6 is 0 Å². The summed E-state index contributed by atoms with van der Waals surface area (Å²) in [4.78, 5) is 2.64. The van der Waals surface area contributed by atoms with Crippen molar-refractivity contribution in [1.82, 2.24) is 4.90 Å². The van der Waals surface area contributed by atoms with Crippen LogP contribution in [0.2, 0.25) is 0 Å². The Morgan fingerprint density at radius 2 is 2.20 bits per heavy atom. The molecule has 0 amide bonds. The lowest BCUT2D eigenvalue weighted by Crippen LogP contribution is -2.29. The van der Waals surface area contributed by atoms with Gasteiger partial charge in [-0.3, -0.25) is 0 Å². The van der Waals surface area contributed by atoms with E-state index in [1.165, 1.54) is 38.8 Å². The van der Waals surface area contributed by atoms with Crippen LogP contribution in [0.25, 0.3) is 0 Å². The molecule has 1 atom stereocenters. The van der Waals surface area contributed by atoms with E-state index in [0.29, 0.717) is 0 Å². The van der Waals surface area contributed by atoms with Gasteiger partial charge in [0.05, 0.1) is 0 Å². The third-order valence-corrected chi connectivity index (χ3v) is 2.48. The Hall–Kier alpha value is -0.0400. The van der Waals surface area contributed by atoms with Gasteiger partial charge in [-0.05, 0) is 38.8 Å². The van der Waals surface area contributed by atoms with Crippen LogP contribution in [0.5, 0.6) is 0 Å². The first-order valence-corrected chi connectivity index (χ1v) is 4.62. The van der Waals surface area contributed by atoms with Crippen LogP contribution in [0.15, 0.2) is 0 Å². The second-order valence-electron chi connectivity index (χ2n) is 3.24. The molecule has 1 fully saturated rings. The second kappa shape index (κ2) is 3.97. The maximum absolute atomic E-state index is 2.64. The molecule has 0 aromatic heterocycles. The Kier molecular flexibility index (Phi) is 3.20. The summed E-state index contributed by atoms with van der Waals surface area (Å²) in [6, 6.07) is 0.917. The summed E-state index contributed by atoms with van der Waals surface area (Å²) in [5.41, 5.74) is 0. The third kappa shape index (κ3) is 1.72. The molecule has 1 nitrogen and oxygen atoms in total. The molecule has 0 radical (unpaired) electrons. The van der Waals surface area contributed by atoms with Crippen molar-refractivity contribution in [2.75, 3.05) is 13.1 Å². The van der Waals surface area contributed by atoms with Gasteiger partial charge in [0.15, 0.2) is 0 Å². The summed E-state index contributed by atoms with van der Waals surface area (Å²) < 4.78 is 0. The first-order chi connectivity index (χ1) is 4.88. The highest BCUT2D eigenvalue weighted by Gasteiger charge is 2.20. The highest BCUT2D eigenvalue weighted by Crippen LogP contribution is 2.19. The molecule has 0 N–H and O–H groups in total. The van der Waals surface area contributed by atoms with Gasteiger partial charge in [-0.25, -0.2) is 0 Å². The Balaban J connectivity index is 2.27.